The lowest BCUT2D eigenvalue weighted by Gasteiger charge is -2.10. The largest absolute Gasteiger partial charge is 0.293 e. The van der Waals surface area contributed by atoms with Gasteiger partial charge in [-0.25, -0.2) is 4.98 Å². The van der Waals surface area contributed by atoms with Gasteiger partial charge in [0.1, 0.15) is 0 Å². The zero-order chi connectivity index (χ0) is 19.5. The number of benzene rings is 3. The molecule has 1 heterocycles. The molecule has 0 N–H and O–H groups in total. The van der Waals surface area contributed by atoms with E-state index in [4.69, 9.17) is 0 Å². The Morgan fingerprint density at radius 3 is 2.57 bits per heavy atom. The standard InChI is InChI=1S/C23H18N2O2S/c1-16-9-11-18(12-10-16)21(26)15-28-22-23(27)25(14-13-24-22)20-8-4-6-17-5-2-3-7-19(17)20/h2-14H,15H2,1H3. The number of aromatic nitrogens is 2. The number of aryl methyl sites for hydroxylation is 1. The molecule has 0 saturated carbocycles. The molecule has 0 aliphatic carbocycles. The lowest BCUT2D eigenvalue weighted by molar-refractivity contribution is 0.102. The summed E-state index contributed by atoms with van der Waals surface area (Å²) in [7, 11) is 0. The highest BCUT2D eigenvalue weighted by Crippen LogP contribution is 2.22. The first-order valence-electron chi connectivity index (χ1n) is 8.92. The Morgan fingerprint density at radius 1 is 1.00 bits per heavy atom. The van der Waals surface area contributed by atoms with Gasteiger partial charge < -0.3 is 0 Å². The van der Waals surface area contributed by atoms with Crippen LogP contribution in [0, 0.1) is 6.92 Å². The van der Waals surface area contributed by atoms with Gasteiger partial charge in [0.05, 0.1) is 11.4 Å². The lowest BCUT2D eigenvalue weighted by Crippen LogP contribution is -2.21. The molecule has 5 heteroatoms. The van der Waals surface area contributed by atoms with Crippen molar-refractivity contribution in [1.29, 1.82) is 0 Å². The summed E-state index contributed by atoms with van der Waals surface area (Å²) in [5.74, 6) is 0.150. The molecule has 3 aromatic carbocycles. The average molecular weight is 386 g/mol. The molecule has 0 aliphatic heterocycles. The van der Waals surface area contributed by atoms with Gasteiger partial charge in [-0.15, -0.1) is 0 Å². The summed E-state index contributed by atoms with van der Waals surface area (Å²) in [5.41, 5.74) is 2.33. The van der Waals surface area contributed by atoms with Crippen LogP contribution in [0.15, 0.2) is 88.9 Å². The first-order valence-corrected chi connectivity index (χ1v) is 9.90. The average Bonchev–Trinajstić information content (AvgIpc) is 2.73. The lowest BCUT2D eigenvalue weighted by atomic mass is 10.1. The van der Waals surface area contributed by atoms with E-state index in [9.17, 15) is 9.59 Å². The first kappa shape index (κ1) is 18.2. The minimum absolute atomic E-state index is 0.0215. The minimum atomic E-state index is -0.222. The van der Waals surface area contributed by atoms with E-state index >= 15 is 0 Å². The van der Waals surface area contributed by atoms with Crippen molar-refractivity contribution in [2.75, 3.05) is 5.75 Å². The number of carbonyl (C=O) groups excluding carboxylic acids is 1. The number of nitrogens with zero attached hydrogens (tertiary/aromatic N) is 2. The Hall–Kier alpha value is -3.18. The number of carbonyl (C=O) groups is 1. The van der Waals surface area contributed by atoms with Gasteiger partial charge in [-0.2, -0.15) is 0 Å². The topological polar surface area (TPSA) is 52.0 Å². The van der Waals surface area contributed by atoms with E-state index in [0.29, 0.717) is 10.6 Å². The van der Waals surface area contributed by atoms with E-state index < -0.39 is 0 Å². The van der Waals surface area contributed by atoms with Crippen molar-refractivity contribution in [2.24, 2.45) is 0 Å². The second-order valence-corrected chi connectivity index (χ2v) is 7.45. The first-order chi connectivity index (χ1) is 13.6. The summed E-state index contributed by atoms with van der Waals surface area (Å²) in [6.45, 7) is 1.98. The predicted molar refractivity (Wildman–Crippen MR) is 114 cm³/mol. The van der Waals surface area contributed by atoms with E-state index in [0.717, 1.165) is 22.0 Å². The SMILES string of the molecule is Cc1ccc(C(=O)CSc2nccn(-c3cccc4ccccc34)c2=O)cc1. The number of fused-ring (bicyclic) bond motifs is 1. The Bertz CT molecular complexity index is 1210. The van der Waals surface area contributed by atoms with Gasteiger partial charge in [-0.05, 0) is 18.4 Å². The normalized spacial score (nSPS) is 10.9. The van der Waals surface area contributed by atoms with Crippen molar-refractivity contribution in [3.63, 3.8) is 0 Å². The molecule has 0 amide bonds. The van der Waals surface area contributed by atoms with Gasteiger partial charge in [0.2, 0.25) is 0 Å². The fourth-order valence-corrected chi connectivity index (χ4v) is 3.85. The quantitative estimate of drug-likeness (QED) is 0.369. The molecule has 0 radical (unpaired) electrons. The van der Waals surface area contributed by atoms with Crippen molar-refractivity contribution in [3.05, 3.63) is 101 Å². The third kappa shape index (κ3) is 3.62. The third-order valence-corrected chi connectivity index (χ3v) is 5.51. The second kappa shape index (κ2) is 7.82. The van der Waals surface area contributed by atoms with E-state index in [1.807, 2.05) is 73.7 Å². The number of thioether (sulfide) groups is 1. The fraction of sp³-hybridized carbons (Fsp3) is 0.0870. The monoisotopic (exact) mass is 386 g/mol. The van der Waals surface area contributed by atoms with Crippen LogP contribution < -0.4 is 5.56 Å². The summed E-state index contributed by atoms with van der Waals surface area (Å²) in [6.07, 6.45) is 3.26. The van der Waals surface area contributed by atoms with Crippen LogP contribution in [-0.4, -0.2) is 21.1 Å². The van der Waals surface area contributed by atoms with Crippen molar-refractivity contribution in [3.8, 4) is 5.69 Å². The molecule has 0 spiro atoms. The van der Waals surface area contributed by atoms with Crippen LogP contribution in [0.3, 0.4) is 0 Å². The van der Waals surface area contributed by atoms with Gasteiger partial charge >= 0.3 is 0 Å². The summed E-state index contributed by atoms with van der Waals surface area (Å²) < 4.78 is 1.59. The Morgan fingerprint density at radius 2 is 1.75 bits per heavy atom. The number of hydrogen-bond donors (Lipinski definition) is 0. The highest BCUT2D eigenvalue weighted by molar-refractivity contribution is 7.99. The third-order valence-electron chi connectivity index (χ3n) is 4.55. The van der Waals surface area contributed by atoms with Crippen LogP contribution in [0.2, 0.25) is 0 Å². The molecule has 28 heavy (non-hydrogen) atoms. The summed E-state index contributed by atoms with van der Waals surface area (Å²) >= 11 is 1.17. The van der Waals surface area contributed by atoms with E-state index in [2.05, 4.69) is 4.98 Å². The maximum absolute atomic E-state index is 13.0. The molecule has 0 bridgehead atoms. The van der Waals surface area contributed by atoms with Crippen LogP contribution in [0.25, 0.3) is 16.5 Å². The Balaban J connectivity index is 1.63. The molecule has 0 saturated heterocycles. The minimum Gasteiger partial charge on any atom is -0.293 e. The Kier molecular flexibility index (Phi) is 5.08. The summed E-state index contributed by atoms with van der Waals surface area (Å²) in [5, 5.41) is 2.37. The molecule has 4 nitrogen and oxygen atoms in total. The highest BCUT2D eigenvalue weighted by atomic mass is 32.2. The molecule has 1 aromatic heterocycles. The van der Waals surface area contributed by atoms with Crippen molar-refractivity contribution in [2.45, 2.75) is 11.9 Å². The van der Waals surface area contributed by atoms with Crippen LogP contribution >= 0.6 is 11.8 Å². The zero-order valence-corrected chi connectivity index (χ0v) is 16.1. The van der Waals surface area contributed by atoms with Gasteiger partial charge in [-0.1, -0.05) is 78.0 Å². The van der Waals surface area contributed by atoms with E-state index in [-0.39, 0.29) is 17.1 Å². The summed E-state index contributed by atoms with van der Waals surface area (Å²) in [6, 6.07) is 21.2. The predicted octanol–water partition coefficient (Wildman–Crippen LogP) is 4.67. The number of Topliss-reactive ketones (excluding diaryl/α,β-unsaturated/α-hetero) is 1. The molecular formula is C23H18N2O2S. The van der Waals surface area contributed by atoms with Crippen LogP contribution in [0.4, 0.5) is 0 Å². The number of hydrogen-bond acceptors (Lipinski definition) is 4. The van der Waals surface area contributed by atoms with Crippen molar-refractivity contribution < 1.29 is 4.79 Å². The zero-order valence-electron chi connectivity index (χ0n) is 15.3. The highest BCUT2D eigenvalue weighted by Gasteiger charge is 2.12. The smallest absolute Gasteiger partial charge is 0.287 e. The molecule has 0 atom stereocenters. The molecular weight excluding hydrogens is 368 g/mol. The van der Waals surface area contributed by atoms with E-state index in [1.165, 1.54) is 11.8 Å². The fourth-order valence-electron chi connectivity index (χ4n) is 3.06. The van der Waals surface area contributed by atoms with Gasteiger partial charge in [0.15, 0.2) is 10.8 Å². The molecule has 0 fully saturated rings. The summed E-state index contributed by atoms with van der Waals surface area (Å²) in [4.78, 5) is 29.6. The van der Waals surface area contributed by atoms with Crippen molar-refractivity contribution >= 4 is 28.3 Å². The van der Waals surface area contributed by atoms with E-state index in [1.54, 1.807) is 17.0 Å². The van der Waals surface area contributed by atoms with Crippen molar-refractivity contribution in [1.82, 2.24) is 9.55 Å². The van der Waals surface area contributed by atoms with Gasteiger partial charge in [-0.3, -0.25) is 14.2 Å². The van der Waals surface area contributed by atoms with Gasteiger partial charge in [0, 0.05) is 23.3 Å². The number of ketones is 1. The molecule has 0 aliphatic rings. The van der Waals surface area contributed by atoms with Gasteiger partial charge in [0.25, 0.3) is 5.56 Å². The van der Waals surface area contributed by atoms with Crippen LogP contribution in [0.1, 0.15) is 15.9 Å². The maximum Gasteiger partial charge on any atom is 0.287 e. The van der Waals surface area contributed by atoms with Crippen LogP contribution in [0.5, 0.6) is 0 Å². The molecule has 0 unspecified atom stereocenters. The second-order valence-electron chi connectivity index (χ2n) is 6.48. The van der Waals surface area contributed by atoms with Crippen LogP contribution in [-0.2, 0) is 0 Å². The molecule has 4 aromatic rings. The number of rotatable bonds is 5. The molecule has 4 rings (SSSR count). The molecule has 138 valence electrons. The Labute approximate surface area is 166 Å². The maximum atomic E-state index is 13.0.